The topological polar surface area (TPSA) is 52.3 Å². The summed E-state index contributed by atoms with van der Waals surface area (Å²) in [7, 11) is 1.56. The summed E-state index contributed by atoms with van der Waals surface area (Å²) in [6.45, 7) is 2.35. The van der Waals surface area contributed by atoms with Gasteiger partial charge in [0.15, 0.2) is 5.78 Å². The van der Waals surface area contributed by atoms with Crippen molar-refractivity contribution in [3.8, 4) is 5.75 Å². The van der Waals surface area contributed by atoms with E-state index in [1.54, 1.807) is 19.2 Å². The Balaban J connectivity index is 2.99. The Kier molecular flexibility index (Phi) is 4.31. The van der Waals surface area contributed by atoms with Gasteiger partial charge in [-0.15, -0.1) is 0 Å². The average molecular weight is 207 g/mol. The molecule has 0 aliphatic carbocycles. The molecule has 0 aliphatic rings. The number of nitrogens with two attached hydrogens (primary N) is 1. The van der Waals surface area contributed by atoms with E-state index < -0.39 is 0 Å². The second kappa shape index (κ2) is 5.51. The lowest BCUT2D eigenvalue weighted by Crippen LogP contribution is -2.23. The van der Waals surface area contributed by atoms with Crippen molar-refractivity contribution in [3.63, 3.8) is 0 Å². The highest BCUT2D eigenvalue weighted by molar-refractivity contribution is 6.00. The Labute approximate surface area is 90.2 Å². The van der Waals surface area contributed by atoms with Crippen molar-refractivity contribution in [2.24, 2.45) is 11.7 Å². The summed E-state index contributed by atoms with van der Waals surface area (Å²) in [6.07, 6.45) is 0.757. The Bertz CT molecular complexity index is 332. The standard InChI is InChI=1S/C12H17NO2/c1-3-9(8-13)12(14)10-6-4-5-7-11(10)15-2/h4-7,9H,3,8,13H2,1-2H3. The van der Waals surface area contributed by atoms with E-state index in [-0.39, 0.29) is 11.7 Å². The van der Waals surface area contributed by atoms with Crippen LogP contribution in [0.1, 0.15) is 23.7 Å². The number of rotatable bonds is 5. The first-order chi connectivity index (χ1) is 7.24. The third-order valence-electron chi connectivity index (χ3n) is 2.52. The lowest BCUT2D eigenvalue weighted by Gasteiger charge is -2.13. The van der Waals surface area contributed by atoms with Crippen LogP contribution in [0, 0.1) is 5.92 Å². The third-order valence-corrected chi connectivity index (χ3v) is 2.52. The number of carbonyl (C=O) groups excluding carboxylic acids is 1. The first-order valence-corrected chi connectivity index (χ1v) is 5.11. The van der Waals surface area contributed by atoms with Crippen LogP contribution in [0.2, 0.25) is 0 Å². The molecule has 0 radical (unpaired) electrons. The zero-order chi connectivity index (χ0) is 11.3. The van der Waals surface area contributed by atoms with Crippen molar-refractivity contribution in [2.45, 2.75) is 13.3 Å². The Morgan fingerprint density at radius 2 is 2.13 bits per heavy atom. The molecule has 0 amide bonds. The van der Waals surface area contributed by atoms with Crippen LogP contribution in [0.5, 0.6) is 5.75 Å². The number of hydrogen-bond donors (Lipinski definition) is 1. The highest BCUT2D eigenvalue weighted by Gasteiger charge is 2.19. The van der Waals surface area contributed by atoms with E-state index >= 15 is 0 Å². The molecule has 1 rings (SSSR count). The molecular weight excluding hydrogens is 190 g/mol. The molecule has 2 N–H and O–H groups in total. The Hall–Kier alpha value is -1.35. The molecule has 82 valence electrons. The maximum absolute atomic E-state index is 12.0. The van der Waals surface area contributed by atoms with Gasteiger partial charge in [0, 0.05) is 12.5 Å². The van der Waals surface area contributed by atoms with Crippen molar-refractivity contribution < 1.29 is 9.53 Å². The lowest BCUT2D eigenvalue weighted by molar-refractivity contribution is 0.0918. The summed E-state index contributed by atoms with van der Waals surface area (Å²) in [4.78, 5) is 12.0. The minimum absolute atomic E-state index is 0.0671. The molecule has 0 aliphatic heterocycles. The van der Waals surface area contributed by atoms with E-state index in [0.717, 1.165) is 6.42 Å². The van der Waals surface area contributed by atoms with E-state index in [9.17, 15) is 4.79 Å². The number of ketones is 1. The van der Waals surface area contributed by atoms with Gasteiger partial charge < -0.3 is 10.5 Å². The molecule has 1 aromatic carbocycles. The second-order valence-electron chi connectivity index (χ2n) is 3.41. The van der Waals surface area contributed by atoms with Crippen LogP contribution in [0.25, 0.3) is 0 Å². The van der Waals surface area contributed by atoms with Crippen molar-refractivity contribution in [1.29, 1.82) is 0 Å². The lowest BCUT2D eigenvalue weighted by atomic mass is 9.95. The molecule has 0 saturated heterocycles. The molecule has 0 heterocycles. The van der Waals surface area contributed by atoms with Gasteiger partial charge in [0.25, 0.3) is 0 Å². The SMILES string of the molecule is CCC(CN)C(=O)c1ccccc1OC. The van der Waals surface area contributed by atoms with E-state index in [1.165, 1.54) is 0 Å². The summed E-state index contributed by atoms with van der Waals surface area (Å²) in [5.41, 5.74) is 6.17. The molecule has 0 fully saturated rings. The van der Waals surface area contributed by atoms with Crippen LogP contribution < -0.4 is 10.5 Å². The molecule has 1 atom stereocenters. The monoisotopic (exact) mass is 207 g/mol. The minimum atomic E-state index is -0.110. The summed E-state index contributed by atoms with van der Waals surface area (Å²) in [6, 6.07) is 7.24. The maximum Gasteiger partial charge on any atom is 0.170 e. The molecule has 0 spiro atoms. The van der Waals surface area contributed by atoms with Crippen molar-refractivity contribution in [1.82, 2.24) is 0 Å². The predicted molar refractivity (Wildman–Crippen MR) is 60.2 cm³/mol. The zero-order valence-electron chi connectivity index (χ0n) is 9.19. The van der Waals surface area contributed by atoms with Crippen LogP contribution in [0.4, 0.5) is 0 Å². The van der Waals surface area contributed by atoms with Crippen molar-refractivity contribution in [3.05, 3.63) is 29.8 Å². The minimum Gasteiger partial charge on any atom is -0.496 e. The normalized spacial score (nSPS) is 12.2. The van der Waals surface area contributed by atoms with E-state index in [1.807, 2.05) is 19.1 Å². The van der Waals surface area contributed by atoms with Gasteiger partial charge >= 0.3 is 0 Å². The van der Waals surface area contributed by atoms with E-state index in [2.05, 4.69) is 0 Å². The predicted octanol–water partition coefficient (Wildman–Crippen LogP) is 1.86. The van der Waals surface area contributed by atoms with Gasteiger partial charge in [0.1, 0.15) is 5.75 Å². The van der Waals surface area contributed by atoms with Gasteiger partial charge in [-0.2, -0.15) is 0 Å². The van der Waals surface area contributed by atoms with E-state index in [4.69, 9.17) is 10.5 Å². The Morgan fingerprint density at radius 1 is 1.47 bits per heavy atom. The third kappa shape index (κ3) is 2.57. The molecule has 0 aromatic heterocycles. The summed E-state index contributed by atoms with van der Waals surface area (Å²) < 4.78 is 5.14. The van der Waals surface area contributed by atoms with Gasteiger partial charge in [-0.25, -0.2) is 0 Å². The number of carbonyl (C=O) groups is 1. The van der Waals surface area contributed by atoms with Gasteiger partial charge in [0.2, 0.25) is 0 Å². The molecule has 3 heteroatoms. The number of methoxy groups -OCH3 is 1. The van der Waals surface area contributed by atoms with Crippen LogP contribution >= 0.6 is 0 Å². The number of hydrogen-bond acceptors (Lipinski definition) is 3. The number of para-hydroxylation sites is 1. The van der Waals surface area contributed by atoms with Crippen molar-refractivity contribution in [2.75, 3.05) is 13.7 Å². The second-order valence-corrected chi connectivity index (χ2v) is 3.41. The summed E-state index contributed by atoms with van der Waals surface area (Å²) >= 11 is 0. The molecule has 15 heavy (non-hydrogen) atoms. The maximum atomic E-state index is 12.0. The van der Waals surface area contributed by atoms with Crippen LogP contribution in [-0.4, -0.2) is 19.4 Å². The molecule has 1 aromatic rings. The first-order valence-electron chi connectivity index (χ1n) is 5.11. The smallest absolute Gasteiger partial charge is 0.170 e. The fraction of sp³-hybridized carbons (Fsp3) is 0.417. The summed E-state index contributed by atoms with van der Waals surface area (Å²) in [5.74, 6) is 0.577. The molecule has 1 unspecified atom stereocenters. The highest BCUT2D eigenvalue weighted by Crippen LogP contribution is 2.21. The van der Waals surface area contributed by atoms with Crippen LogP contribution in [0.15, 0.2) is 24.3 Å². The van der Waals surface area contributed by atoms with E-state index in [0.29, 0.717) is 17.9 Å². The fourth-order valence-corrected chi connectivity index (χ4v) is 1.53. The molecule has 3 nitrogen and oxygen atoms in total. The molecular formula is C12H17NO2. The van der Waals surface area contributed by atoms with Crippen LogP contribution in [-0.2, 0) is 0 Å². The average Bonchev–Trinajstić information content (AvgIpc) is 2.30. The number of ether oxygens (including phenoxy) is 1. The Morgan fingerprint density at radius 3 is 2.67 bits per heavy atom. The van der Waals surface area contributed by atoms with Crippen molar-refractivity contribution >= 4 is 5.78 Å². The summed E-state index contributed by atoms with van der Waals surface area (Å²) in [5, 5.41) is 0. The van der Waals surface area contributed by atoms with Gasteiger partial charge in [-0.1, -0.05) is 19.1 Å². The zero-order valence-corrected chi connectivity index (χ0v) is 9.19. The van der Waals surface area contributed by atoms with Gasteiger partial charge in [-0.05, 0) is 18.6 Å². The van der Waals surface area contributed by atoms with Gasteiger partial charge in [0.05, 0.1) is 12.7 Å². The highest BCUT2D eigenvalue weighted by atomic mass is 16.5. The fourth-order valence-electron chi connectivity index (χ4n) is 1.53. The molecule has 0 saturated carbocycles. The van der Waals surface area contributed by atoms with Crippen LogP contribution in [0.3, 0.4) is 0 Å². The quantitative estimate of drug-likeness (QED) is 0.750. The largest absolute Gasteiger partial charge is 0.496 e. The number of benzene rings is 1. The molecule has 0 bridgehead atoms. The first kappa shape index (κ1) is 11.7. The number of Topliss-reactive ketones (excluding diaryl/α,β-unsaturated/α-hetero) is 1. The van der Waals surface area contributed by atoms with Gasteiger partial charge in [-0.3, -0.25) is 4.79 Å².